The number of unbranched alkanes of at least 4 members (excludes halogenated alkanes) is 13. The van der Waals surface area contributed by atoms with Gasteiger partial charge in [0, 0.05) is 12.8 Å². The van der Waals surface area contributed by atoms with E-state index in [0.717, 1.165) is 32.1 Å². The zero-order chi connectivity index (χ0) is 49.9. The van der Waals surface area contributed by atoms with Gasteiger partial charge in [-0.05, 0) is 38.5 Å². The molecule has 9 N–H and O–H groups in total. The van der Waals surface area contributed by atoms with E-state index in [4.69, 9.17) is 28.4 Å². The molecule has 0 bridgehead atoms. The van der Waals surface area contributed by atoms with E-state index in [1.807, 2.05) is 37.3 Å². The highest BCUT2D eigenvalue weighted by Crippen LogP contribution is 2.26. The van der Waals surface area contributed by atoms with Crippen LogP contribution in [0.4, 0.5) is 0 Å². The van der Waals surface area contributed by atoms with Crippen molar-refractivity contribution in [1.82, 2.24) is 0 Å². The Morgan fingerprint density at radius 2 is 1.09 bits per heavy atom. The third kappa shape index (κ3) is 25.8. The normalized spacial score (nSPS) is 27.2. The maximum atomic E-state index is 13.0. The maximum Gasteiger partial charge on any atom is 0.306 e. The topological polar surface area (TPSA) is 272 Å². The molecule has 17 heteroatoms. The van der Waals surface area contributed by atoms with E-state index in [-0.39, 0.29) is 19.4 Å². The average molecular weight is 971 g/mol. The number of esters is 2. The molecule has 13 atom stereocenters. The number of carbonyl (C=O) groups is 2. The molecule has 0 amide bonds. The second-order valence-corrected chi connectivity index (χ2v) is 17.6. The predicted octanol–water partition coefficient (Wildman–Crippen LogP) is 4.43. The number of aliphatic hydroxyl groups excluding tert-OH is 9. The molecule has 2 fully saturated rings. The van der Waals surface area contributed by atoms with Crippen LogP contribution in [-0.2, 0) is 38.0 Å². The molecule has 17 nitrogen and oxygen atoms in total. The van der Waals surface area contributed by atoms with Crippen LogP contribution in [0.1, 0.15) is 142 Å². The van der Waals surface area contributed by atoms with Crippen LogP contribution in [-0.4, -0.2) is 164 Å². The molecule has 0 spiro atoms. The van der Waals surface area contributed by atoms with Crippen molar-refractivity contribution in [2.24, 2.45) is 0 Å². The molecule has 2 aliphatic heterocycles. The van der Waals surface area contributed by atoms with Gasteiger partial charge in [0.1, 0.15) is 67.6 Å². The van der Waals surface area contributed by atoms with Crippen molar-refractivity contribution in [3.05, 3.63) is 60.8 Å². The van der Waals surface area contributed by atoms with E-state index in [0.29, 0.717) is 32.1 Å². The highest BCUT2D eigenvalue weighted by molar-refractivity contribution is 5.70. The minimum atomic E-state index is -1.79. The smallest absolute Gasteiger partial charge is 0.306 e. The summed E-state index contributed by atoms with van der Waals surface area (Å²) < 4.78 is 33.4. The van der Waals surface area contributed by atoms with Gasteiger partial charge in [0.15, 0.2) is 18.7 Å². The fourth-order valence-corrected chi connectivity index (χ4v) is 7.47. The Hall–Kier alpha value is -2.88. The van der Waals surface area contributed by atoms with Crippen LogP contribution in [0.5, 0.6) is 0 Å². The lowest BCUT2D eigenvalue weighted by Gasteiger charge is -2.42. The van der Waals surface area contributed by atoms with Crippen LogP contribution in [0.3, 0.4) is 0 Å². The number of carbonyl (C=O) groups excluding carboxylic acids is 2. The molecule has 68 heavy (non-hydrogen) atoms. The largest absolute Gasteiger partial charge is 0.462 e. The predicted molar refractivity (Wildman–Crippen MR) is 255 cm³/mol. The fraction of sp³-hybridized carbons (Fsp3) is 0.765. The van der Waals surface area contributed by atoms with E-state index >= 15 is 0 Å². The summed E-state index contributed by atoms with van der Waals surface area (Å²) in [6.45, 7) is 2.22. The van der Waals surface area contributed by atoms with Crippen LogP contribution >= 0.6 is 0 Å². The van der Waals surface area contributed by atoms with Crippen molar-refractivity contribution in [2.45, 2.75) is 222 Å². The van der Waals surface area contributed by atoms with Gasteiger partial charge in [0.25, 0.3) is 0 Å². The lowest BCUT2D eigenvalue weighted by atomic mass is 9.98. The Labute approximate surface area is 404 Å². The summed E-state index contributed by atoms with van der Waals surface area (Å²) in [6.07, 6.45) is 17.3. The molecular weight excluding hydrogens is 885 g/mol. The minimum absolute atomic E-state index is 0.0810. The third-order valence-electron chi connectivity index (χ3n) is 11.7. The summed E-state index contributed by atoms with van der Waals surface area (Å²) in [5, 5.41) is 92.1. The SMILES string of the molecule is CCC=CCC=CC(O)C(O)C=CC=CCC=CCCCC(=O)OCC(COC1OC(COC2OC(CO)C(O)C(O)C2O)C(O)C(O)C1O)OC(=O)CCCCCCCCCCCCCCC. The zero-order valence-electron chi connectivity index (χ0n) is 40.5. The molecule has 13 unspecified atom stereocenters. The highest BCUT2D eigenvalue weighted by Gasteiger charge is 2.47. The van der Waals surface area contributed by atoms with Crippen molar-refractivity contribution in [1.29, 1.82) is 0 Å². The second-order valence-electron chi connectivity index (χ2n) is 17.6. The van der Waals surface area contributed by atoms with E-state index in [1.165, 1.54) is 57.4 Å². The first-order valence-electron chi connectivity index (χ1n) is 25.1. The molecule has 2 heterocycles. The first kappa shape index (κ1) is 61.2. The van der Waals surface area contributed by atoms with Crippen molar-refractivity contribution in [3.63, 3.8) is 0 Å². The Bertz CT molecular complexity index is 1450. The van der Waals surface area contributed by atoms with Gasteiger partial charge in [0.2, 0.25) is 0 Å². The number of aliphatic hydroxyl groups is 9. The maximum absolute atomic E-state index is 13.0. The van der Waals surface area contributed by atoms with E-state index in [9.17, 15) is 55.5 Å². The molecule has 2 aliphatic rings. The van der Waals surface area contributed by atoms with Gasteiger partial charge < -0.3 is 74.4 Å². The van der Waals surface area contributed by atoms with E-state index < -0.39 is 111 Å². The Kier molecular flexibility index (Phi) is 34.1. The minimum Gasteiger partial charge on any atom is -0.462 e. The number of hydrogen-bond donors (Lipinski definition) is 9. The standard InChI is InChI=1S/C51H86O17/c1-3-5-7-9-10-11-12-13-14-15-20-24-28-32-43(56)66-37(34-63-42(55)31-27-23-19-17-16-18-22-26-30-39(54)38(53)29-25-21-8-6-4-2)35-64-50-49(62)47(60)45(58)41(68-50)36-65-51-48(61)46(59)44(57)40(33-52)67-51/h6,8,17-19,22,25-26,29-30,37-41,44-54,57-62H,3-5,7,9-16,20-21,23-24,27-28,31-36H2,1-2H3. The summed E-state index contributed by atoms with van der Waals surface area (Å²) in [5.74, 6) is -1.07. The molecule has 0 aliphatic carbocycles. The van der Waals surface area contributed by atoms with Crippen molar-refractivity contribution >= 4 is 11.9 Å². The quantitative estimate of drug-likeness (QED) is 0.0180. The van der Waals surface area contributed by atoms with Crippen LogP contribution in [0.25, 0.3) is 0 Å². The molecule has 0 aromatic rings. The average Bonchev–Trinajstić information content (AvgIpc) is 3.33. The lowest BCUT2D eigenvalue weighted by molar-refractivity contribution is -0.332. The van der Waals surface area contributed by atoms with Crippen LogP contribution in [0.15, 0.2) is 60.8 Å². The third-order valence-corrected chi connectivity index (χ3v) is 11.7. The molecule has 0 aromatic carbocycles. The van der Waals surface area contributed by atoms with E-state index in [1.54, 1.807) is 24.3 Å². The molecule has 0 aromatic heterocycles. The first-order chi connectivity index (χ1) is 32.8. The molecule has 2 rings (SSSR count). The van der Waals surface area contributed by atoms with Gasteiger partial charge in [-0.25, -0.2) is 0 Å². The molecular formula is C51H86O17. The summed E-state index contributed by atoms with van der Waals surface area (Å²) >= 11 is 0. The Morgan fingerprint density at radius 1 is 0.544 bits per heavy atom. The lowest BCUT2D eigenvalue weighted by Crippen LogP contribution is -2.61. The fourth-order valence-electron chi connectivity index (χ4n) is 7.47. The van der Waals surface area contributed by atoms with Crippen molar-refractivity contribution < 1.29 is 84.0 Å². The summed E-state index contributed by atoms with van der Waals surface area (Å²) in [5.41, 5.74) is 0. The van der Waals surface area contributed by atoms with Crippen LogP contribution in [0.2, 0.25) is 0 Å². The number of rotatable bonds is 37. The van der Waals surface area contributed by atoms with Crippen LogP contribution < -0.4 is 0 Å². The monoisotopic (exact) mass is 971 g/mol. The number of ether oxygens (including phenoxy) is 6. The van der Waals surface area contributed by atoms with Crippen molar-refractivity contribution in [2.75, 3.05) is 26.4 Å². The Balaban J connectivity index is 1.87. The number of hydrogen-bond acceptors (Lipinski definition) is 17. The van der Waals surface area contributed by atoms with Crippen LogP contribution in [0, 0.1) is 0 Å². The van der Waals surface area contributed by atoms with Gasteiger partial charge in [-0.2, -0.15) is 0 Å². The highest BCUT2D eigenvalue weighted by atomic mass is 16.7. The Morgan fingerprint density at radius 3 is 1.72 bits per heavy atom. The molecule has 0 radical (unpaired) electrons. The van der Waals surface area contributed by atoms with E-state index in [2.05, 4.69) is 6.92 Å². The number of allylic oxidation sites excluding steroid dienone is 8. The van der Waals surface area contributed by atoms with Gasteiger partial charge in [-0.15, -0.1) is 0 Å². The zero-order valence-corrected chi connectivity index (χ0v) is 40.5. The van der Waals surface area contributed by atoms with Gasteiger partial charge >= 0.3 is 11.9 Å². The molecule has 0 saturated carbocycles. The van der Waals surface area contributed by atoms with Gasteiger partial charge in [0.05, 0.1) is 19.8 Å². The first-order valence-corrected chi connectivity index (χ1v) is 25.1. The summed E-state index contributed by atoms with van der Waals surface area (Å²) in [6, 6.07) is 0. The van der Waals surface area contributed by atoms with Gasteiger partial charge in [-0.1, -0.05) is 152 Å². The summed E-state index contributed by atoms with van der Waals surface area (Å²) in [7, 11) is 0. The second kappa shape index (κ2) is 37.9. The van der Waals surface area contributed by atoms with Gasteiger partial charge in [-0.3, -0.25) is 9.59 Å². The molecule has 392 valence electrons. The van der Waals surface area contributed by atoms with Crippen molar-refractivity contribution in [3.8, 4) is 0 Å². The molecule has 2 saturated heterocycles. The summed E-state index contributed by atoms with van der Waals surface area (Å²) in [4.78, 5) is 25.7.